The van der Waals surface area contributed by atoms with Gasteiger partial charge < -0.3 is 5.11 Å². The average molecular weight is 439 g/mol. The number of fused-ring (bicyclic) bond motifs is 1. The summed E-state index contributed by atoms with van der Waals surface area (Å²) in [7, 11) is 1.61. The predicted octanol–water partition coefficient (Wildman–Crippen LogP) is 3.78. The lowest BCUT2D eigenvalue weighted by Gasteiger charge is -2.30. The van der Waals surface area contributed by atoms with E-state index in [4.69, 9.17) is 11.6 Å². The van der Waals surface area contributed by atoms with Crippen molar-refractivity contribution in [3.8, 4) is 0 Å². The van der Waals surface area contributed by atoms with Crippen LogP contribution in [-0.4, -0.2) is 24.7 Å². The van der Waals surface area contributed by atoms with Crippen LogP contribution in [0.3, 0.4) is 0 Å². The average Bonchev–Trinajstić information content (AvgIpc) is 3.57. The van der Waals surface area contributed by atoms with Gasteiger partial charge in [0.15, 0.2) is 5.52 Å². The number of aryl methyl sites for hydroxylation is 1. The molecule has 2 heterocycles. The fraction of sp³-hybridized carbons (Fsp3) is 0.450. The van der Waals surface area contributed by atoms with Gasteiger partial charge in [0.2, 0.25) is 0 Å². The molecule has 3 aromatic rings. The van der Waals surface area contributed by atoms with Crippen molar-refractivity contribution in [2.24, 2.45) is 13.0 Å². The van der Waals surface area contributed by atoms with Crippen LogP contribution in [0.1, 0.15) is 48.5 Å². The first-order valence-corrected chi connectivity index (χ1v) is 10.0. The van der Waals surface area contributed by atoms with E-state index in [1.165, 1.54) is 21.6 Å². The molecule has 0 radical (unpaired) electrons. The number of rotatable bonds is 4. The summed E-state index contributed by atoms with van der Waals surface area (Å²) < 4.78 is 42.3. The standard InChI is InChI=1S/C20H18ClF3N4O2/c1-27-17(13-9-25-28(12-5-6-12)18(29)16(13)26-27)19(30,10-2-3-10)11-4-7-14(15(21)8-11)20(22,23)24/h4,7-10,12,30H,2-3,5-6H2,1H3/t19-/m1/s1. The molecular formula is C20H18ClF3N4O2. The zero-order valence-electron chi connectivity index (χ0n) is 15.9. The Morgan fingerprint density at radius 2 is 1.90 bits per heavy atom. The molecule has 0 unspecified atom stereocenters. The third-order valence-corrected chi connectivity index (χ3v) is 6.25. The molecular weight excluding hydrogens is 421 g/mol. The monoisotopic (exact) mass is 438 g/mol. The van der Waals surface area contributed by atoms with Crippen LogP contribution in [0.4, 0.5) is 13.2 Å². The number of aliphatic hydroxyl groups is 1. The molecule has 30 heavy (non-hydrogen) atoms. The van der Waals surface area contributed by atoms with Gasteiger partial charge in [-0.1, -0.05) is 17.7 Å². The minimum absolute atomic E-state index is 0.0726. The van der Waals surface area contributed by atoms with Gasteiger partial charge in [-0.05, 0) is 49.3 Å². The van der Waals surface area contributed by atoms with Crippen molar-refractivity contribution in [3.05, 3.63) is 56.6 Å². The molecule has 2 fully saturated rings. The molecule has 1 N–H and O–H groups in total. The normalized spacial score (nSPS) is 19.3. The Morgan fingerprint density at radius 1 is 1.20 bits per heavy atom. The van der Waals surface area contributed by atoms with Gasteiger partial charge in [-0.25, -0.2) is 4.68 Å². The lowest BCUT2D eigenvalue weighted by atomic mass is 9.83. The van der Waals surface area contributed by atoms with Gasteiger partial charge in [-0.2, -0.15) is 23.4 Å². The van der Waals surface area contributed by atoms with Crippen LogP contribution in [0.5, 0.6) is 0 Å². The second-order valence-electron chi connectivity index (χ2n) is 8.09. The zero-order chi connectivity index (χ0) is 21.4. The van der Waals surface area contributed by atoms with E-state index in [1.807, 2.05) is 0 Å². The molecule has 10 heteroatoms. The van der Waals surface area contributed by atoms with E-state index in [2.05, 4.69) is 10.2 Å². The van der Waals surface area contributed by atoms with Gasteiger partial charge in [-0.3, -0.25) is 9.48 Å². The molecule has 0 saturated heterocycles. The van der Waals surface area contributed by atoms with Crippen LogP contribution in [0.15, 0.2) is 29.2 Å². The predicted molar refractivity (Wildman–Crippen MR) is 103 cm³/mol. The van der Waals surface area contributed by atoms with Crippen LogP contribution in [0.25, 0.3) is 10.9 Å². The highest BCUT2D eigenvalue weighted by atomic mass is 35.5. The number of hydrogen-bond acceptors (Lipinski definition) is 4. The minimum atomic E-state index is -4.59. The topological polar surface area (TPSA) is 72.9 Å². The second-order valence-corrected chi connectivity index (χ2v) is 8.50. The maximum atomic E-state index is 13.1. The van der Waals surface area contributed by atoms with Crippen LogP contribution in [0.2, 0.25) is 5.02 Å². The Hall–Kier alpha value is -2.39. The maximum Gasteiger partial charge on any atom is 0.417 e. The summed E-state index contributed by atoms with van der Waals surface area (Å²) in [6, 6.07) is 3.34. The Kier molecular flexibility index (Phi) is 4.11. The molecule has 5 rings (SSSR count). The van der Waals surface area contributed by atoms with Gasteiger partial charge in [-0.15, -0.1) is 0 Å². The molecule has 1 atom stereocenters. The van der Waals surface area contributed by atoms with Crippen molar-refractivity contribution in [2.45, 2.75) is 43.5 Å². The Balaban J connectivity index is 1.71. The molecule has 0 amide bonds. The maximum absolute atomic E-state index is 13.1. The SMILES string of the molecule is Cn1nc2c(=O)n(C3CC3)ncc2c1[C@](O)(c1ccc(C(F)(F)F)c(Cl)c1)C1CC1. The first-order valence-electron chi connectivity index (χ1n) is 9.67. The number of benzene rings is 1. The lowest BCUT2D eigenvalue weighted by Crippen LogP contribution is -2.33. The van der Waals surface area contributed by atoms with Crippen molar-refractivity contribution in [3.63, 3.8) is 0 Å². The molecule has 158 valence electrons. The van der Waals surface area contributed by atoms with Crippen LogP contribution < -0.4 is 5.56 Å². The molecule has 0 aliphatic heterocycles. The van der Waals surface area contributed by atoms with E-state index in [-0.39, 0.29) is 28.6 Å². The van der Waals surface area contributed by atoms with Crippen LogP contribution in [-0.2, 0) is 18.8 Å². The van der Waals surface area contributed by atoms with E-state index in [9.17, 15) is 23.1 Å². The van der Waals surface area contributed by atoms with E-state index in [1.54, 1.807) is 7.05 Å². The van der Waals surface area contributed by atoms with Crippen molar-refractivity contribution >= 4 is 22.5 Å². The number of alkyl halides is 3. The summed E-state index contributed by atoms with van der Waals surface area (Å²) in [5, 5.41) is 20.3. The summed E-state index contributed by atoms with van der Waals surface area (Å²) in [6.07, 6.45) is 0.0614. The summed E-state index contributed by atoms with van der Waals surface area (Å²) in [6.45, 7) is 0. The van der Waals surface area contributed by atoms with Crippen molar-refractivity contribution in [1.29, 1.82) is 0 Å². The van der Waals surface area contributed by atoms with Crippen LogP contribution >= 0.6 is 11.6 Å². The molecule has 0 bridgehead atoms. The first kappa shape index (κ1) is 19.6. The Labute approximate surface area is 173 Å². The Morgan fingerprint density at radius 3 is 2.47 bits per heavy atom. The largest absolute Gasteiger partial charge is 0.417 e. The summed E-state index contributed by atoms with van der Waals surface area (Å²) >= 11 is 5.93. The molecule has 0 spiro atoms. The highest BCUT2D eigenvalue weighted by Crippen LogP contribution is 2.52. The Bertz CT molecular complexity index is 1230. The van der Waals surface area contributed by atoms with E-state index >= 15 is 0 Å². The number of nitrogens with zero attached hydrogens (tertiary/aromatic N) is 4. The van der Waals surface area contributed by atoms with E-state index < -0.39 is 22.4 Å². The first-order chi connectivity index (χ1) is 14.1. The van der Waals surface area contributed by atoms with Gasteiger partial charge in [0.1, 0.15) is 5.60 Å². The molecule has 1 aromatic carbocycles. The third-order valence-electron chi connectivity index (χ3n) is 5.94. The number of hydrogen-bond donors (Lipinski definition) is 1. The van der Waals surface area contributed by atoms with Crippen molar-refractivity contribution < 1.29 is 18.3 Å². The van der Waals surface area contributed by atoms with Crippen LogP contribution in [0, 0.1) is 5.92 Å². The summed E-state index contributed by atoms with van der Waals surface area (Å²) in [4.78, 5) is 12.8. The smallest absolute Gasteiger partial charge is 0.378 e. The number of halogens is 4. The molecule has 2 aliphatic carbocycles. The van der Waals surface area contributed by atoms with Gasteiger partial charge >= 0.3 is 6.18 Å². The van der Waals surface area contributed by atoms with E-state index in [0.29, 0.717) is 23.9 Å². The number of aromatic nitrogens is 4. The van der Waals surface area contributed by atoms with Gasteiger partial charge in [0.05, 0.1) is 33.9 Å². The minimum Gasteiger partial charge on any atom is -0.378 e. The molecule has 2 saturated carbocycles. The lowest BCUT2D eigenvalue weighted by molar-refractivity contribution is -0.137. The second kappa shape index (κ2) is 6.31. The summed E-state index contributed by atoms with van der Waals surface area (Å²) in [5.41, 5.74) is -2.18. The zero-order valence-corrected chi connectivity index (χ0v) is 16.7. The molecule has 2 aromatic heterocycles. The van der Waals surface area contributed by atoms with Gasteiger partial charge in [0.25, 0.3) is 5.56 Å². The molecule has 2 aliphatic rings. The van der Waals surface area contributed by atoms with E-state index in [0.717, 1.165) is 25.0 Å². The fourth-order valence-corrected chi connectivity index (χ4v) is 4.47. The third kappa shape index (κ3) is 2.86. The summed E-state index contributed by atoms with van der Waals surface area (Å²) in [5.74, 6) is -0.227. The quantitative estimate of drug-likeness (QED) is 0.672. The molecule has 6 nitrogen and oxygen atoms in total. The van der Waals surface area contributed by atoms with Gasteiger partial charge in [0, 0.05) is 7.05 Å². The fourth-order valence-electron chi connectivity index (χ4n) is 4.18. The van der Waals surface area contributed by atoms with Crippen molar-refractivity contribution in [1.82, 2.24) is 19.6 Å². The highest BCUT2D eigenvalue weighted by molar-refractivity contribution is 6.31. The highest BCUT2D eigenvalue weighted by Gasteiger charge is 2.50. The van der Waals surface area contributed by atoms with Crippen molar-refractivity contribution in [2.75, 3.05) is 0 Å².